The number of nitrogens with zero attached hydrogens (tertiary/aromatic N) is 2. The van der Waals surface area contributed by atoms with E-state index in [1.54, 1.807) is 24.0 Å². The van der Waals surface area contributed by atoms with Crippen molar-refractivity contribution in [2.24, 2.45) is 0 Å². The molecule has 0 bridgehead atoms. The average molecular weight is 477 g/mol. The van der Waals surface area contributed by atoms with E-state index in [0.29, 0.717) is 37.4 Å². The second-order valence-electron chi connectivity index (χ2n) is 7.51. The van der Waals surface area contributed by atoms with E-state index in [-0.39, 0.29) is 42.3 Å². The molecule has 0 saturated carbocycles. The van der Waals surface area contributed by atoms with Crippen molar-refractivity contribution >= 4 is 23.6 Å². The number of ether oxygens (including phenoxy) is 2. The lowest BCUT2D eigenvalue weighted by Gasteiger charge is -2.33. The Hall–Kier alpha value is -3.53. The minimum absolute atomic E-state index is 0.0695. The van der Waals surface area contributed by atoms with Crippen LogP contribution >= 0.6 is 0 Å². The third-order valence-corrected chi connectivity index (χ3v) is 5.08. The lowest BCUT2D eigenvalue weighted by molar-refractivity contribution is -0.127. The Morgan fingerprint density at radius 2 is 1.76 bits per heavy atom. The van der Waals surface area contributed by atoms with Crippen LogP contribution in [0.25, 0.3) is 6.08 Å². The Bertz CT molecular complexity index is 1010. The van der Waals surface area contributed by atoms with Gasteiger partial charge in [-0.05, 0) is 55.0 Å². The number of alkyl halides is 2. The van der Waals surface area contributed by atoms with Crippen molar-refractivity contribution in [3.8, 4) is 11.5 Å². The van der Waals surface area contributed by atoms with Crippen LogP contribution in [0.15, 0.2) is 48.5 Å². The number of rotatable bonds is 9. The van der Waals surface area contributed by atoms with Gasteiger partial charge in [0.15, 0.2) is 11.5 Å². The third kappa shape index (κ3) is 7.51. The Morgan fingerprint density at radius 3 is 2.41 bits per heavy atom. The molecule has 2 amide bonds. The summed E-state index contributed by atoms with van der Waals surface area (Å²) in [4.78, 5) is 28.3. The molecule has 34 heavy (non-hydrogen) atoms. The fourth-order valence-electron chi connectivity index (χ4n) is 3.43. The van der Waals surface area contributed by atoms with Crippen LogP contribution in [0.2, 0.25) is 0 Å². The molecular weight excluding hydrogens is 451 g/mol. The van der Waals surface area contributed by atoms with Gasteiger partial charge < -0.3 is 19.7 Å². The molecule has 1 fully saturated rings. The molecule has 0 radical (unpaired) electrons. The van der Waals surface area contributed by atoms with Crippen molar-refractivity contribution in [1.82, 2.24) is 9.80 Å². The largest absolute Gasteiger partial charge is 0.490 e. The number of hydrogen-bond acceptors (Lipinski definition) is 5. The summed E-state index contributed by atoms with van der Waals surface area (Å²) in [6, 6.07) is 9.99. The van der Waals surface area contributed by atoms with Crippen molar-refractivity contribution < 1.29 is 32.2 Å². The second kappa shape index (κ2) is 12.1. The monoisotopic (exact) mass is 477 g/mol. The van der Waals surface area contributed by atoms with Gasteiger partial charge in [0.25, 0.3) is 0 Å². The summed E-state index contributed by atoms with van der Waals surface area (Å²) in [5.41, 5.74) is 1.13. The standard InChI is InChI=1S/C24H26F3N3O4/c1-2-33-21-15-17(3-9-20(21)34-24(26)27)4-10-23(32)30-13-11-29(12-14-30)16-22(31)28-19-7-5-18(25)6-8-19/h3-10,15,24H,2,11-14,16H2,1H3,(H,28,31)/b10-4+. The molecule has 1 N–H and O–H groups in total. The van der Waals surface area contributed by atoms with Gasteiger partial charge in [0, 0.05) is 37.9 Å². The van der Waals surface area contributed by atoms with E-state index >= 15 is 0 Å². The van der Waals surface area contributed by atoms with Gasteiger partial charge in [0.2, 0.25) is 11.8 Å². The summed E-state index contributed by atoms with van der Waals surface area (Å²) in [5, 5.41) is 2.72. The first kappa shape index (κ1) is 25.1. The lowest BCUT2D eigenvalue weighted by Crippen LogP contribution is -2.50. The topological polar surface area (TPSA) is 71.1 Å². The quantitative estimate of drug-likeness (QED) is 0.559. The molecule has 1 heterocycles. The molecule has 3 rings (SSSR count). The van der Waals surface area contributed by atoms with Crippen molar-refractivity contribution in [2.45, 2.75) is 13.5 Å². The van der Waals surface area contributed by atoms with Crippen LogP contribution in [0.5, 0.6) is 11.5 Å². The zero-order valence-corrected chi connectivity index (χ0v) is 18.7. The van der Waals surface area contributed by atoms with E-state index in [9.17, 15) is 22.8 Å². The van der Waals surface area contributed by atoms with E-state index in [2.05, 4.69) is 10.1 Å². The van der Waals surface area contributed by atoms with Crippen molar-refractivity contribution in [2.75, 3.05) is 44.6 Å². The third-order valence-electron chi connectivity index (χ3n) is 5.08. The maximum atomic E-state index is 13.0. The summed E-state index contributed by atoms with van der Waals surface area (Å²) >= 11 is 0. The molecule has 0 spiro atoms. The van der Waals surface area contributed by atoms with Crippen molar-refractivity contribution in [1.29, 1.82) is 0 Å². The van der Waals surface area contributed by atoms with Crippen LogP contribution in [0.3, 0.4) is 0 Å². The zero-order chi connectivity index (χ0) is 24.5. The van der Waals surface area contributed by atoms with E-state index in [4.69, 9.17) is 4.74 Å². The molecule has 10 heteroatoms. The molecule has 0 unspecified atom stereocenters. The molecule has 7 nitrogen and oxygen atoms in total. The Labute approximate surface area is 195 Å². The smallest absolute Gasteiger partial charge is 0.387 e. The highest BCUT2D eigenvalue weighted by Crippen LogP contribution is 2.30. The number of halogens is 3. The first-order valence-electron chi connectivity index (χ1n) is 10.8. The molecule has 182 valence electrons. The molecule has 2 aromatic rings. The molecule has 0 aromatic heterocycles. The molecule has 0 atom stereocenters. The molecule has 1 aliphatic rings. The predicted octanol–water partition coefficient (Wildman–Crippen LogP) is 3.62. The molecular formula is C24H26F3N3O4. The van der Waals surface area contributed by atoms with Gasteiger partial charge in [0.1, 0.15) is 5.82 Å². The minimum Gasteiger partial charge on any atom is -0.490 e. The fraction of sp³-hybridized carbons (Fsp3) is 0.333. The number of amides is 2. The van der Waals surface area contributed by atoms with Gasteiger partial charge in [-0.1, -0.05) is 6.07 Å². The van der Waals surface area contributed by atoms with Crippen molar-refractivity contribution in [3.63, 3.8) is 0 Å². The number of benzene rings is 2. The number of carbonyl (C=O) groups is 2. The summed E-state index contributed by atoms with van der Waals surface area (Å²) in [5.74, 6) is -0.679. The summed E-state index contributed by atoms with van der Waals surface area (Å²) < 4.78 is 47.8. The van der Waals surface area contributed by atoms with E-state index < -0.39 is 6.61 Å². The van der Waals surface area contributed by atoms with Gasteiger partial charge in [-0.3, -0.25) is 14.5 Å². The maximum absolute atomic E-state index is 13.0. The van der Waals surface area contributed by atoms with Gasteiger partial charge >= 0.3 is 6.61 Å². The summed E-state index contributed by atoms with van der Waals surface area (Å²) in [7, 11) is 0. The van der Waals surface area contributed by atoms with Gasteiger partial charge in [0.05, 0.1) is 13.2 Å². The van der Waals surface area contributed by atoms with Crippen molar-refractivity contribution in [3.05, 3.63) is 59.9 Å². The SMILES string of the molecule is CCOc1cc(/C=C/C(=O)N2CCN(CC(=O)Nc3ccc(F)cc3)CC2)ccc1OC(F)F. The van der Waals surface area contributed by atoms with Crippen LogP contribution in [0.4, 0.5) is 18.9 Å². The molecule has 2 aromatic carbocycles. The number of piperazine rings is 1. The lowest BCUT2D eigenvalue weighted by atomic mass is 10.2. The highest BCUT2D eigenvalue weighted by Gasteiger charge is 2.21. The highest BCUT2D eigenvalue weighted by molar-refractivity contribution is 5.93. The van der Waals surface area contributed by atoms with Crippen LogP contribution in [-0.2, 0) is 9.59 Å². The van der Waals surface area contributed by atoms with Crippen LogP contribution in [0.1, 0.15) is 12.5 Å². The molecule has 1 aliphatic heterocycles. The maximum Gasteiger partial charge on any atom is 0.387 e. The van der Waals surface area contributed by atoms with E-state index in [0.717, 1.165) is 0 Å². The van der Waals surface area contributed by atoms with Crippen LogP contribution < -0.4 is 14.8 Å². The number of hydrogen-bond donors (Lipinski definition) is 1. The minimum atomic E-state index is -2.96. The Kier molecular flexibility index (Phi) is 8.92. The van der Waals surface area contributed by atoms with Crippen LogP contribution in [-0.4, -0.2) is 67.6 Å². The van der Waals surface area contributed by atoms with E-state index in [1.165, 1.54) is 42.5 Å². The normalized spacial score (nSPS) is 14.4. The zero-order valence-electron chi connectivity index (χ0n) is 18.7. The highest BCUT2D eigenvalue weighted by atomic mass is 19.3. The summed E-state index contributed by atoms with van der Waals surface area (Å²) in [6.45, 7) is 1.19. The van der Waals surface area contributed by atoms with Crippen LogP contribution in [0, 0.1) is 5.82 Å². The van der Waals surface area contributed by atoms with Gasteiger partial charge in [-0.2, -0.15) is 8.78 Å². The number of anilines is 1. The van der Waals surface area contributed by atoms with Gasteiger partial charge in [-0.25, -0.2) is 4.39 Å². The Balaban J connectivity index is 1.49. The molecule has 1 saturated heterocycles. The first-order valence-corrected chi connectivity index (χ1v) is 10.8. The average Bonchev–Trinajstić information content (AvgIpc) is 2.81. The first-order chi connectivity index (χ1) is 16.3. The molecule has 0 aliphatic carbocycles. The second-order valence-corrected chi connectivity index (χ2v) is 7.51. The number of nitrogens with one attached hydrogen (secondary N) is 1. The Morgan fingerprint density at radius 1 is 1.06 bits per heavy atom. The van der Waals surface area contributed by atoms with E-state index in [1.807, 2.05) is 4.90 Å². The summed E-state index contributed by atoms with van der Waals surface area (Å²) in [6.07, 6.45) is 3.00. The van der Waals surface area contributed by atoms with Gasteiger partial charge in [-0.15, -0.1) is 0 Å². The fourth-order valence-corrected chi connectivity index (χ4v) is 3.43. The predicted molar refractivity (Wildman–Crippen MR) is 121 cm³/mol. The number of carbonyl (C=O) groups excluding carboxylic acids is 2.